The smallest absolute Gasteiger partial charge is 0.121 e. The van der Waals surface area contributed by atoms with Gasteiger partial charge in [0.1, 0.15) is 12.4 Å². The highest BCUT2D eigenvalue weighted by Gasteiger charge is 1.97. The molecule has 1 aromatic rings. The van der Waals surface area contributed by atoms with Crippen LogP contribution in [0.25, 0.3) is 0 Å². The Hall–Kier alpha value is -1.42. The van der Waals surface area contributed by atoms with Crippen molar-refractivity contribution in [1.29, 1.82) is 0 Å². The fourth-order valence-corrected chi connectivity index (χ4v) is 1.01. The van der Waals surface area contributed by atoms with Gasteiger partial charge in [-0.1, -0.05) is 0 Å². The van der Waals surface area contributed by atoms with Crippen LogP contribution in [0.3, 0.4) is 0 Å². The van der Waals surface area contributed by atoms with Crippen molar-refractivity contribution in [2.75, 3.05) is 31.3 Å². The number of hydrogen-bond donors (Lipinski definition) is 2. The highest BCUT2D eigenvalue weighted by molar-refractivity contribution is 5.65. The standard InChI is InChI=1S/C10H16N2O2/c1-2-13-5-6-14-8-3-4-9(11)10(12)7-8/h3-4,7H,2,5-6,11-12H2,1H3. The third kappa shape index (κ3) is 3.14. The van der Waals surface area contributed by atoms with Gasteiger partial charge in [-0.05, 0) is 19.1 Å². The first-order chi connectivity index (χ1) is 6.74. The molecule has 1 aromatic carbocycles. The second-order valence-corrected chi connectivity index (χ2v) is 2.84. The van der Waals surface area contributed by atoms with E-state index in [0.717, 1.165) is 5.75 Å². The number of ether oxygens (including phenoxy) is 2. The summed E-state index contributed by atoms with van der Waals surface area (Å²) in [7, 11) is 0. The number of anilines is 2. The molecule has 4 nitrogen and oxygen atoms in total. The SMILES string of the molecule is CCOCCOc1ccc(N)c(N)c1. The molecule has 0 bridgehead atoms. The molecule has 0 saturated carbocycles. The fraction of sp³-hybridized carbons (Fsp3) is 0.400. The molecule has 0 heterocycles. The minimum atomic E-state index is 0.525. The van der Waals surface area contributed by atoms with Crippen LogP contribution in [0.1, 0.15) is 6.92 Å². The van der Waals surface area contributed by atoms with Crippen LogP contribution in [0.2, 0.25) is 0 Å². The molecule has 0 atom stereocenters. The van der Waals surface area contributed by atoms with Gasteiger partial charge in [0.15, 0.2) is 0 Å². The molecule has 4 heteroatoms. The molecule has 0 aromatic heterocycles. The number of benzene rings is 1. The summed E-state index contributed by atoms with van der Waals surface area (Å²) in [6.45, 7) is 3.76. The third-order valence-electron chi connectivity index (χ3n) is 1.76. The lowest BCUT2D eigenvalue weighted by molar-refractivity contribution is 0.110. The van der Waals surface area contributed by atoms with Gasteiger partial charge in [-0.3, -0.25) is 0 Å². The van der Waals surface area contributed by atoms with Crippen molar-refractivity contribution in [3.63, 3.8) is 0 Å². The van der Waals surface area contributed by atoms with Gasteiger partial charge in [-0.2, -0.15) is 0 Å². The van der Waals surface area contributed by atoms with Crippen LogP contribution in [-0.2, 0) is 4.74 Å². The first-order valence-corrected chi connectivity index (χ1v) is 4.59. The molecule has 0 saturated heterocycles. The minimum Gasteiger partial charge on any atom is -0.491 e. The average Bonchev–Trinajstić information content (AvgIpc) is 2.18. The van der Waals surface area contributed by atoms with E-state index in [2.05, 4.69) is 0 Å². The van der Waals surface area contributed by atoms with Gasteiger partial charge in [0.05, 0.1) is 18.0 Å². The molecule has 14 heavy (non-hydrogen) atoms. The Morgan fingerprint density at radius 1 is 1.14 bits per heavy atom. The summed E-state index contributed by atoms with van der Waals surface area (Å²) in [5.74, 6) is 0.719. The van der Waals surface area contributed by atoms with Crippen molar-refractivity contribution in [2.24, 2.45) is 0 Å². The Labute approximate surface area is 83.8 Å². The van der Waals surface area contributed by atoms with Gasteiger partial charge in [0.25, 0.3) is 0 Å². The van der Waals surface area contributed by atoms with Crippen LogP contribution >= 0.6 is 0 Å². The first kappa shape index (κ1) is 10.7. The maximum atomic E-state index is 5.61. The molecular formula is C10H16N2O2. The largest absolute Gasteiger partial charge is 0.491 e. The van der Waals surface area contributed by atoms with Gasteiger partial charge >= 0.3 is 0 Å². The summed E-state index contributed by atoms with van der Waals surface area (Å²) >= 11 is 0. The highest BCUT2D eigenvalue weighted by atomic mass is 16.5. The highest BCUT2D eigenvalue weighted by Crippen LogP contribution is 2.21. The lowest BCUT2D eigenvalue weighted by Gasteiger charge is -2.07. The normalized spacial score (nSPS) is 10.1. The Bertz CT molecular complexity index is 289. The number of rotatable bonds is 5. The van der Waals surface area contributed by atoms with Crippen molar-refractivity contribution in [3.05, 3.63) is 18.2 Å². The molecule has 0 spiro atoms. The van der Waals surface area contributed by atoms with Crippen LogP contribution in [0.4, 0.5) is 11.4 Å². The van der Waals surface area contributed by atoms with Crippen molar-refractivity contribution < 1.29 is 9.47 Å². The molecule has 0 radical (unpaired) electrons. The second-order valence-electron chi connectivity index (χ2n) is 2.84. The molecule has 4 N–H and O–H groups in total. The summed E-state index contributed by atoms with van der Waals surface area (Å²) in [6.07, 6.45) is 0. The molecule has 0 amide bonds. The number of nitrogen functional groups attached to an aromatic ring is 2. The van der Waals surface area contributed by atoms with Crippen molar-refractivity contribution in [2.45, 2.75) is 6.92 Å². The molecule has 0 aliphatic rings. The van der Waals surface area contributed by atoms with E-state index in [1.165, 1.54) is 0 Å². The van der Waals surface area contributed by atoms with Crippen LogP contribution in [0.5, 0.6) is 5.75 Å². The predicted octanol–water partition coefficient (Wildman–Crippen LogP) is 1.27. The minimum absolute atomic E-state index is 0.525. The Morgan fingerprint density at radius 3 is 2.57 bits per heavy atom. The zero-order valence-corrected chi connectivity index (χ0v) is 8.32. The van der Waals surface area contributed by atoms with E-state index in [1.807, 2.05) is 6.92 Å². The lowest BCUT2D eigenvalue weighted by Crippen LogP contribution is -2.06. The summed E-state index contributed by atoms with van der Waals surface area (Å²) in [5.41, 5.74) is 12.3. The van der Waals surface area contributed by atoms with Gasteiger partial charge in [0.2, 0.25) is 0 Å². The molecule has 78 valence electrons. The first-order valence-electron chi connectivity index (χ1n) is 4.59. The third-order valence-corrected chi connectivity index (χ3v) is 1.76. The van der Waals surface area contributed by atoms with Gasteiger partial charge < -0.3 is 20.9 Å². The number of nitrogens with two attached hydrogens (primary N) is 2. The van der Waals surface area contributed by atoms with Crippen LogP contribution < -0.4 is 16.2 Å². The zero-order chi connectivity index (χ0) is 10.4. The van der Waals surface area contributed by atoms with Crippen LogP contribution in [0.15, 0.2) is 18.2 Å². The maximum Gasteiger partial charge on any atom is 0.121 e. The average molecular weight is 196 g/mol. The van der Waals surface area contributed by atoms with E-state index >= 15 is 0 Å². The summed E-state index contributed by atoms with van der Waals surface area (Å²) in [5, 5.41) is 0. The van der Waals surface area contributed by atoms with E-state index < -0.39 is 0 Å². The van der Waals surface area contributed by atoms with E-state index in [1.54, 1.807) is 18.2 Å². The quantitative estimate of drug-likeness (QED) is 0.549. The van der Waals surface area contributed by atoms with Crippen molar-refractivity contribution in [1.82, 2.24) is 0 Å². The lowest BCUT2D eigenvalue weighted by atomic mass is 10.2. The van der Waals surface area contributed by atoms with Gasteiger partial charge in [-0.25, -0.2) is 0 Å². The molecule has 0 aliphatic heterocycles. The van der Waals surface area contributed by atoms with E-state index in [4.69, 9.17) is 20.9 Å². The second kappa shape index (κ2) is 5.34. The van der Waals surface area contributed by atoms with Crippen molar-refractivity contribution in [3.8, 4) is 5.75 Å². The molecule has 0 unspecified atom stereocenters. The number of hydrogen-bond acceptors (Lipinski definition) is 4. The van der Waals surface area contributed by atoms with Crippen molar-refractivity contribution >= 4 is 11.4 Å². The molecular weight excluding hydrogens is 180 g/mol. The summed E-state index contributed by atoms with van der Waals surface area (Å²) in [4.78, 5) is 0. The Kier molecular flexibility index (Phi) is 4.07. The summed E-state index contributed by atoms with van der Waals surface area (Å²) < 4.78 is 10.5. The molecule has 0 aliphatic carbocycles. The molecule has 0 fully saturated rings. The zero-order valence-electron chi connectivity index (χ0n) is 8.32. The topological polar surface area (TPSA) is 70.5 Å². The van der Waals surface area contributed by atoms with E-state index in [0.29, 0.717) is 31.2 Å². The van der Waals surface area contributed by atoms with Gasteiger partial charge in [-0.15, -0.1) is 0 Å². The summed E-state index contributed by atoms with van der Waals surface area (Å²) in [6, 6.07) is 5.23. The molecule has 1 rings (SSSR count). The monoisotopic (exact) mass is 196 g/mol. The fourth-order valence-electron chi connectivity index (χ4n) is 1.01. The predicted molar refractivity (Wildman–Crippen MR) is 57.3 cm³/mol. The van der Waals surface area contributed by atoms with Gasteiger partial charge in [0, 0.05) is 12.7 Å². The van der Waals surface area contributed by atoms with E-state index in [-0.39, 0.29) is 0 Å². The Balaban J connectivity index is 2.39. The maximum absolute atomic E-state index is 5.61. The van der Waals surface area contributed by atoms with Crippen LogP contribution in [-0.4, -0.2) is 19.8 Å². The van der Waals surface area contributed by atoms with E-state index in [9.17, 15) is 0 Å². The Morgan fingerprint density at radius 2 is 1.93 bits per heavy atom. The van der Waals surface area contributed by atoms with Crippen LogP contribution in [0, 0.1) is 0 Å².